The minimum atomic E-state index is -1.28. The van der Waals surface area contributed by atoms with Crippen LogP contribution in [0.4, 0.5) is 0 Å². The van der Waals surface area contributed by atoms with Crippen molar-refractivity contribution in [2.75, 3.05) is 0 Å². The van der Waals surface area contributed by atoms with Crippen molar-refractivity contribution in [1.29, 1.82) is 0 Å². The molecular formula is C31H16N2O8. The molecule has 0 unspecified atom stereocenters. The van der Waals surface area contributed by atoms with Gasteiger partial charge in [-0.3, -0.25) is 0 Å². The summed E-state index contributed by atoms with van der Waals surface area (Å²) in [6.07, 6.45) is 1.35. The second-order valence-corrected chi connectivity index (χ2v) is 9.50. The quantitative estimate of drug-likeness (QED) is 0.189. The van der Waals surface area contributed by atoms with Crippen LogP contribution in [0.25, 0.3) is 54.1 Å². The summed E-state index contributed by atoms with van der Waals surface area (Å²) in [4.78, 5) is 60.0. The molecule has 0 aliphatic heterocycles. The van der Waals surface area contributed by atoms with E-state index in [1.165, 1.54) is 35.3 Å². The number of fused-ring (bicyclic) bond motifs is 3. The molecule has 0 radical (unpaired) electrons. The number of hydrogen-bond acceptors (Lipinski definition) is 6. The maximum absolute atomic E-state index is 13.6. The van der Waals surface area contributed by atoms with Crippen LogP contribution in [0, 0.1) is 0 Å². The second-order valence-electron chi connectivity index (χ2n) is 9.50. The van der Waals surface area contributed by atoms with Crippen LogP contribution in [-0.4, -0.2) is 48.9 Å². The zero-order valence-corrected chi connectivity index (χ0v) is 20.8. The smallest absolute Gasteiger partial charge is 0.364 e. The molecule has 0 spiro atoms. The highest BCUT2D eigenvalue weighted by Crippen LogP contribution is 2.44. The second kappa shape index (κ2) is 8.48. The highest BCUT2D eigenvalue weighted by molar-refractivity contribution is 6.38. The lowest BCUT2D eigenvalue weighted by molar-refractivity contribution is 0.0481. The zero-order chi connectivity index (χ0) is 28.6. The lowest BCUT2D eigenvalue weighted by Crippen LogP contribution is -2.20. The van der Waals surface area contributed by atoms with Crippen LogP contribution < -0.4 is 4.84 Å². The number of benzene rings is 6. The van der Waals surface area contributed by atoms with Gasteiger partial charge in [0.25, 0.3) is 0 Å². The zero-order valence-electron chi connectivity index (χ0n) is 20.8. The Morgan fingerprint density at radius 2 is 1.00 bits per heavy atom. The van der Waals surface area contributed by atoms with Crippen molar-refractivity contribution in [3.8, 4) is 0 Å². The normalized spacial score (nSPS) is 11.6. The number of carboxylic acid groups (broad SMARTS) is 3. The summed E-state index contributed by atoms with van der Waals surface area (Å²) in [5.41, 5.74) is 0.692. The van der Waals surface area contributed by atoms with Gasteiger partial charge in [0.05, 0.1) is 27.8 Å². The molecular weight excluding hydrogens is 528 g/mol. The Morgan fingerprint density at radius 3 is 1.49 bits per heavy atom. The van der Waals surface area contributed by atoms with Gasteiger partial charge in [-0.05, 0) is 68.7 Å². The van der Waals surface area contributed by atoms with Crippen molar-refractivity contribution in [2.45, 2.75) is 0 Å². The van der Waals surface area contributed by atoms with Gasteiger partial charge in [-0.25, -0.2) is 24.2 Å². The standard InChI is InChI=1S/C31H16N2O8/c34-28(35)18-9-5-14-16-7-11-20(30(38)39)27-21(31(40)41-33-13-32-22-3-1-2-4-23(22)33)12-8-17(25(16)27)15-6-10-19(29(36)37)26(18)24(14)15/h1-13H,(H,34,35)(H,36,37)(H,38,39). The summed E-state index contributed by atoms with van der Waals surface area (Å²) in [6.45, 7) is 0. The number of carbonyl (C=O) groups excluding carboxylic acids is 1. The Bertz CT molecular complexity index is 2230. The number of nitrogens with zero attached hydrogens (tertiary/aromatic N) is 2. The summed E-state index contributed by atoms with van der Waals surface area (Å²) < 4.78 is 1.21. The van der Waals surface area contributed by atoms with E-state index in [0.717, 1.165) is 0 Å². The van der Waals surface area contributed by atoms with Crippen molar-refractivity contribution in [3.63, 3.8) is 0 Å². The van der Waals surface area contributed by atoms with Crippen LogP contribution in [0.2, 0.25) is 0 Å². The van der Waals surface area contributed by atoms with Gasteiger partial charge in [-0.15, -0.1) is 0 Å². The van der Waals surface area contributed by atoms with Crippen LogP contribution >= 0.6 is 0 Å². The molecule has 7 aromatic rings. The van der Waals surface area contributed by atoms with Gasteiger partial charge in [0, 0.05) is 10.8 Å². The molecule has 0 aliphatic carbocycles. The first-order valence-corrected chi connectivity index (χ1v) is 12.3. The predicted molar refractivity (Wildman–Crippen MR) is 149 cm³/mol. The van der Waals surface area contributed by atoms with E-state index in [9.17, 15) is 34.5 Å². The maximum atomic E-state index is 13.6. The average Bonchev–Trinajstić information content (AvgIpc) is 3.37. The fraction of sp³-hybridized carbons (Fsp3) is 0. The number of carboxylic acids is 3. The van der Waals surface area contributed by atoms with Gasteiger partial charge >= 0.3 is 23.9 Å². The Kier molecular flexibility index (Phi) is 4.98. The first-order chi connectivity index (χ1) is 19.8. The molecule has 10 heteroatoms. The van der Waals surface area contributed by atoms with Crippen molar-refractivity contribution < 1.29 is 39.3 Å². The third kappa shape index (κ3) is 3.34. The summed E-state index contributed by atoms with van der Waals surface area (Å²) >= 11 is 0. The molecule has 0 atom stereocenters. The molecule has 0 fully saturated rings. The average molecular weight is 544 g/mol. The van der Waals surface area contributed by atoms with Gasteiger partial charge in [0.2, 0.25) is 0 Å². The maximum Gasteiger partial charge on any atom is 0.364 e. The van der Waals surface area contributed by atoms with E-state index in [2.05, 4.69) is 4.98 Å². The van der Waals surface area contributed by atoms with Crippen molar-refractivity contribution in [2.24, 2.45) is 0 Å². The largest absolute Gasteiger partial charge is 0.478 e. The fourth-order valence-electron chi connectivity index (χ4n) is 5.74. The monoisotopic (exact) mass is 544 g/mol. The Hall–Kier alpha value is -6.03. The van der Waals surface area contributed by atoms with E-state index in [1.807, 2.05) is 0 Å². The van der Waals surface area contributed by atoms with Gasteiger partial charge in [-0.2, -0.15) is 4.73 Å². The fourth-order valence-corrected chi connectivity index (χ4v) is 5.74. The number of hydrogen-bond donors (Lipinski definition) is 3. The third-order valence-electron chi connectivity index (χ3n) is 7.41. The van der Waals surface area contributed by atoms with E-state index in [4.69, 9.17) is 4.84 Å². The number of carbonyl (C=O) groups is 4. The first-order valence-electron chi connectivity index (χ1n) is 12.3. The molecule has 198 valence electrons. The van der Waals surface area contributed by atoms with Gasteiger partial charge in [0.1, 0.15) is 11.8 Å². The highest BCUT2D eigenvalue weighted by Gasteiger charge is 2.26. The number of imidazole rings is 1. The molecule has 10 nitrogen and oxygen atoms in total. The summed E-state index contributed by atoms with van der Waals surface area (Å²) in [5, 5.41) is 33.0. The van der Waals surface area contributed by atoms with Crippen molar-refractivity contribution in [3.05, 3.63) is 101 Å². The summed E-state index contributed by atoms with van der Waals surface area (Å²) in [5.74, 6) is -4.62. The van der Waals surface area contributed by atoms with E-state index in [-0.39, 0.29) is 33.0 Å². The van der Waals surface area contributed by atoms with Gasteiger partial charge in [-0.1, -0.05) is 36.4 Å². The topological polar surface area (TPSA) is 156 Å². The Labute approximate surface area is 228 Å². The van der Waals surface area contributed by atoms with Gasteiger partial charge in [0.15, 0.2) is 0 Å². The molecule has 0 saturated carbocycles. The minimum Gasteiger partial charge on any atom is -0.478 e. The molecule has 0 amide bonds. The molecule has 3 N–H and O–H groups in total. The van der Waals surface area contributed by atoms with Crippen molar-refractivity contribution >= 4 is 78.0 Å². The molecule has 1 heterocycles. The lowest BCUT2D eigenvalue weighted by atomic mass is 9.84. The Balaban J connectivity index is 1.58. The molecule has 1 aromatic heterocycles. The third-order valence-corrected chi connectivity index (χ3v) is 7.41. The molecule has 0 saturated heterocycles. The molecule has 7 rings (SSSR count). The minimum absolute atomic E-state index is 0.00443. The van der Waals surface area contributed by atoms with Crippen LogP contribution in [0.15, 0.2) is 79.1 Å². The molecule has 0 aliphatic rings. The van der Waals surface area contributed by atoms with Crippen LogP contribution in [-0.2, 0) is 0 Å². The number of aromatic carboxylic acids is 3. The van der Waals surface area contributed by atoms with Crippen LogP contribution in [0.1, 0.15) is 41.4 Å². The van der Waals surface area contributed by atoms with Crippen LogP contribution in [0.5, 0.6) is 0 Å². The number of aromatic nitrogens is 2. The molecule has 0 bridgehead atoms. The van der Waals surface area contributed by atoms with E-state index >= 15 is 0 Å². The number of rotatable bonds is 5. The first kappa shape index (κ1) is 24.0. The number of para-hydroxylation sites is 2. The van der Waals surface area contributed by atoms with E-state index < -0.39 is 23.9 Å². The van der Waals surface area contributed by atoms with E-state index in [0.29, 0.717) is 43.4 Å². The molecule has 6 aromatic carbocycles. The summed E-state index contributed by atoms with van der Waals surface area (Å²) in [7, 11) is 0. The van der Waals surface area contributed by atoms with E-state index in [1.54, 1.807) is 48.5 Å². The Morgan fingerprint density at radius 1 is 0.561 bits per heavy atom. The molecule has 41 heavy (non-hydrogen) atoms. The van der Waals surface area contributed by atoms with Crippen LogP contribution in [0.3, 0.4) is 0 Å². The highest BCUT2D eigenvalue weighted by atomic mass is 16.7. The van der Waals surface area contributed by atoms with Crippen molar-refractivity contribution in [1.82, 2.24) is 9.71 Å². The lowest BCUT2D eigenvalue weighted by Gasteiger charge is -2.19. The summed E-state index contributed by atoms with van der Waals surface area (Å²) in [6, 6.07) is 18.9. The SMILES string of the molecule is O=C(O)c1ccc2c3ccc(C(=O)O)c4c(C(=O)On5cnc6ccccc65)ccc(c5ccc(C(=O)O)c1c25)c43. The predicted octanol–water partition coefficient (Wildman–Crippen LogP) is 5.45. The van der Waals surface area contributed by atoms with Gasteiger partial charge < -0.3 is 20.2 Å².